The van der Waals surface area contributed by atoms with Crippen LogP contribution in [0.25, 0.3) is 0 Å². The molecule has 0 atom stereocenters. The zero-order valence-electron chi connectivity index (χ0n) is 19.0. The maximum Gasteiger partial charge on any atom is 0.261 e. The Hall–Kier alpha value is -4.11. The summed E-state index contributed by atoms with van der Waals surface area (Å²) in [5, 5.41) is 6.41. The molecule has 0 unspecified atom stereocenters. The lowest BCUT2D eigenvalue weighted by atomic mass is 10.2. The molecule has 0 aliphatic carbocycles. The quantitative estimate of drug-likeness (QED) is 0.314. The van der Waals surface area contributed by atoms with Crippen molar-refractivity contribution in [3.05, 3.63) is 90.1 Å². The molecule has 4 rings (SSSR count). The molecule has 34 heavy (non-hydrogen) atoms. The van der Waals surface area contributed by atoms with Gasteiger partial charge in [-0.25, -0.2) is 13.4 Å². The van der Waals surface area contributed by atoms with Crippen molar-refractivity contribution in [2.45, 2.75) is 18.7 Å². The highest BCUT2D eigenvalue weighted by molar-refractivity contribution is 7.92. The van der Waals surface area contributed by atoms with Crippen molar-refractivity contribution in [3.8, 4) is 5.75 Å². The first-order chi connectivity index (χ1) is 16.3. The maximum absolute atomic E-state index is 12.6. The van der Waals surface area contributed by atoms with Crippen LogP contribution < -0.4 is 20.1 Å². The molecular formula is C25H25N5O3S. The second-order valence-corrected chi connectivity index (χ2v) is 9.37. The van der Waals surface area contributed by atoms with Crippen LogP contribution in [-0.4, -0.2) is 25.5 Å². The minimum absolute atomic E-state index is 0.213. The van der Waals surface area contributed by atoms with E-state index in [4.69, 9.17) is 4.74 Å². The molecule has 0 aliphatic heterocycles. The van der Waals surface area contributed by atoms with E-state index in [9.17, 15) is 8.42 Å². The molecule has 0 radical (unpaired) electrons. The van der Waals surface area contributed by atoms with Gasteiger partial charge in [0.1, 0.15) is 11.6 Å². The van der Waals surface area contributed by atoms with Gasteiger partial charge in [-0.3, -0.25) is 4.72 Å². The Kier molecular flexibility index (Phi) is 6.65. The van der Waals surface area contributed by atoms with Crippen molar-refractivity contribution in [1.29, 1.82) is 0 Å². The number of nitrogens with zero attached hydrogens (tertiary/aromatic N) is 2. The van der Waals surface area contributed by atoms with Gasteiger partial charge in [0, 0.05) is 28.8 Å². The van der Waals surface area contributed by atoms with Gasteiger partial charge in [0.2, 0.25) is 5.95 Å². The minimum atomic E-state index is -3.66. The third-order valence-corrected chi connectivity index (χ3v) is 6.34. The molecule has 0 saturated heterocycles. The van der Waals surface area contributed by atoms with E-state index in [-0.39, 0.29) is 4.90 Å². The first kappa shape index (κ1) is 23.1. The summed E-state index contributed by atoms with van der Waals surface area (Å²) in [6.45, 7) is 3.79. The number of ether oxygens (including phenoxy) is 1. The standard InChI is InChI=1S/C25H25N5O3S/c1-17-4-14-23(15-5-17)34(31,32)30-21-8-6-20(7-9-21)28-25-26-18(2)16-24(29-25)27-19-10-12-22(33-3)13-11-19/h4-16,30H,1-3H3,(H2,26,27,28,29). The van der Waals surface area contributed by atoms with Crippen LogP contribution in [0.2, 0.25) is 0 Å². The first-order valence-electron chi connectivity index (χ1n) is 10.5. The molecule has 9 heteroatoms. The molecule has 1 heterocycles. The SMILES string of the molecule is COc1ccc(Nc2cc(C)nc(Nc3ccc(NS(=O)(=O)c4ccc(C)cc4)cc3)n2)cc1. The van der Waals surface area contributed by atoms with Crippen molar-refractivity contribution in [2.24, 2.45) is 0 Å². The number of benzene rings is 3. The van der Waals surface area contributed by atoms with Crippen LogP contribution in [-0.2, 0) is 10.0 Å². The fourth-order valence-corrected chi connectivity index (χ4v) is 4.25. The second kappa shape index (κ2) is 9.80. The number of hydrogen-bond acceptors (Lipinski definition) is 7. The molecular weight excluding hydrogens is 450 g/mol. The third kappa shape index (κ3) is 5.81. The molecule has 3 aromatic carbocycles. The Morgan fingerprint density at radius 3 is 1.97 bits per heavy atom. The zero-order chi connectivity index (χ0) is 24.1. The molecule has 3 N–H and O–H groups in total. The molecule has 0 bridgehead atoms. The van der Waals surface area contributed by atoms with Gasteiger partial charge in [-0.2, -0.15) is 4.98 Å². The monoisotopic (exact) mass is 475 g/mol. The molecule has 0 spiro atoms. The Morgan fingerprint density at radius 1 is 0.735 bits per heavy atom. The highest BCUT2D eigenvalue weighted by atomic mass is 32.2. The largest absolute Gasteiger partial charge is 0.497 e. The van der Waals surface area contributed by atoms with E-state index < -0.39 is 10.0 Å². The van der Waals surface area contributed by atoms with Crippen LogP contribution in [0.15, 0.2) is 83.8 Å². The Labute approximate surface area is 199 Å². The van der Waals surface area contributed by atoms with Crippen LogP contribution in [0.5, 0.6) is 5.75 Å². The molecule has 0 amide bonds. The number of methoxy groups -OCH3 is 1. The predicted molar refractivity (Wildman–Crippen MR) is 135 cm³/mol. The van der Waals surface area contributed by atoms with Crippen molar-refractivity contribution in [2.75, 3.05) is 22.5 Å². The van der Waals surface area contributed by atoms with E-state index in [1.54, 1.807) is 55.6 Å². The third-order valence-electron chi connectivity index (χ3n) is 4.94. The normalized spacial score (nSPS) is 11.0. The van der Waals surface area contributed by atoms with Crippen molar-refractivity contribution < 1.29 is 13.2 Å². The number of rotatable bonds is 8. The molecule has 1 aromatic heterocycles. The highest BCUT2D eigenvalue weighted by Gasteiger charge is 2.14. The topological polar surface area (TPSA) is 105 Å². The molecule has 0 aliphatic rings. The van der Waals surface area contributed by atoms with Gasteiger partial charge >= 0.3 is 0 Å². The Balaban J connectivity index is 1.45. The average Bonchev–Trinajstić information content (AvgIpc) is 2.81. The van der Waals surface area contributed by atoms with Gasteiger partial charge in [0.25, 0.3) is 10.0 Å². The summed E-state index contributed by atoms with van der Waals surface area (Å²) >= 11 is 0. The summed E-state index contributed by atoms with van der Waals surface area (Å²) in [6.07, 6.45) is 0. The molecule has 174 valence electrons. The van der Waals surface area contributed by atoms with E-state index in [2.05, 4.69) is 25.3 Å². The highest BCUT2D eigenvalue weighted by Crippen LogP contribution is 2.23. The predicted octanol–water partition coefficient (Wildman–Crippen LogP) is 5.39. The lowest BCUT2D eigenvalue weighted by molar-refractivity contribution is 0.415. The second-order valence-electron chi connectivity index (χ2n) is 7.69. The molecule has 8 nitrogen and oxygen atoms in total. The molecule has 4 aromatic rings. The van der Waals surface area contributed by atoms with E-state index in [1.807, 2.05) is 44.2 Å². The number of aryl methyl sites for hydroxylation is 2. The minimum Gasteiger partial charge on any atom is -0.497 e. The summed E-state index contributed by atoms with van der Waals surface area (Å²) in [6, 6.07) is 23.0. The average molecular weight is 476 g/mol. The molecule has 0 saturated carbocycles. The van der Waals surface area contributed by atoms with Crippen molar-refractivity contribution in [3.63, 3.8) is 0 Å². The van der Waals surface area contributed by atoms with Crippen LogP contribution in [0.4, 0.5) is 28.8 Å². The van der Waals surface area contributed by atoms with Crippen molar-refractivity contribution in [1.82, 2.24) is 9.97 Å². The summed E-state index contributed by atoms with van der Waals surface area (Å²) in [7, 11) is -2.03. The summed E-state index contributed by atoms with van der Waals surface area (Å²) in [4.78, 5) is 9.17. The van der Waals surface area contributed by atoms with Crippen LogP contribution in [0.1, 0.15) is 11.3 Å². The summed E-state index contributed by atoms with van der Waals surface area (Å²) in [5.74, 6) is 1.84. The fraction of sp³-hybridized carbons (Fsp3) is 0.120. The Morgan fingerprint density at radius 2 is 1.32 bits per heavy atom. The lowest BCUT2D eigenvalue weighted by Gasteiger charge is -2.12. The zero-order valence-corrected chi connectivity index (χ0v) is 19.8. The number of nitrogens with one attached hydrogen (secondary N) is 3. The van der Waals surface area contributed by atoms with E-state index in [0.717, 1.165) is 28.4 Å². The number of sulfonamides is 1. The van der Waals surface area contributed by atoms with Gasteiger partial charge in [0.05, 0.1) is 12.0 Å². The smallest absolute Gasteiger partial charge is 0.261 e. The van der Waals surface area contributed by atoms with Gasteiger partial charge in [-0.15, -0.1) is 0 Å². The van der Waals surface area contributed by atoms with Gasteiger partial charge in [0.15, 0.2) is 0 Å². The first-order valence-corrected chi connectivity index (χ1v) is 12.0. The summed E-state index contributed by atoms with van der Waals surface area (Å²) in [5.41, 5.74) is 3.83. The van der Waals surface area contributed by atoms with E-state index >= 15 is 0 Å². The number of hydrogen-bond donors (Lipinski definition) is 3. The van der Waals surface area contributed by atoms with Gasteiger partial charge < -0.3 is 15.4 Å². The van der Waals surface area contributed by atoms with Crippen LogP contribution >= 0.6 is 0 Å². The van der Waals surface area contributed by atoms with E-state index in [1.165, 1.54) is 0 Å². The van der Waals surface area contributed by atoms with Crippen molar-refractivity contribution >= 4 is 38.9 Å². The number of anilines is 5. The summed E-state index contributed by atoms with van der Waals surface area (Å²) < 4.78 is 33.0. The fourth-order valence-electron chi connectivity index (χ4n) is 3.19. The molecule has 0 fully saturated rings. The van der Waals surface area contributed by atoms with Gasteiger partial charge in [-0.1, -0.05) is 17.7 Å². The maximum atomic E-state index is 12.6. The van der Waals surface area contributed by atoms with E-state index in [0.29, 0.717) is 17.5 Å². The Bertz CT molecular complexity index is 1370. The van der Waals surface area contributed by atoms with Gasteiger partial charge in [-0.05, 0) is 74.5 Å². The lowest BCUT2D eigenvalue weighted by Crippen LogP contribution is -2.12. The van der Waals surface area contributed by atoms with Crippen LogP contribution in [0, 0.1) is 13.8 Å². The number of aromatic nitrogens is 2. The van der Waals surface area contributed by atoms with Crippen LogP contribution in [0.3, 0.4) is 0 Å².